The lowest BCUT2D eigenvalue weighted by molar-refractivity contribution is -0.148. The highest BCUT2D eigenvalue weighted by molar-refractivity contribution is 5.98. The van der Waals surface area contributed by atoms with E-state index in [9.17, 15) is 48.3 Å². The molecule has 0 unspecified atom stereocenters. The Morgan fingerprint density at radius 2 is 1.37 bits per heavy atom. The number of carbonyl (C=O) groups excluding carboxylic acids is 8. The Labute approximate surface area is 525 Å². The molecule has 3 aromatic rings. The van der Waals surface area contributed by atoms with Crippen LogP contribution in [0, 0.1) is 29.6 Å². The third-order valence-electron chi connectivity index (χ3n) is 16.6. The van der Waals surface area contributed by atoms with E-state index >= 15 is 0 Å². The number of rotatable bonds is 35. The van der Waals surface area contributed by atoms with Crippen molar-refractivity contribution in [3.63, 3.8) is 0 Å². The fourth-order valence-electron chi connectivity index (χ4n) is 11.4. The quantitative estimate of drug-likeness (QED) is 0.0323. The van der Waals surface area contributed by atoms with Gasteiger partial charge in [0.1, 0.15) is 24.7 Å². The van der Waals surface area contributed by atoms with Crippen molar-refractivity contribution < 1.29 is 62.5 Å². The summed E-state index contributed by atoms with van der Waals surface area (Å²) < 4.78 is 17.6. The molecule has 3 aromatic carbocycles. The molecule has 0 spiro atoms. The summed E-state index contributed by atoms with van der Waals surface area (Å²) in [5.41, 5.74) is 14.2. The predicted molar refractivity (Wildman–Crippen MR) is 340 cm³/mol. The summed E-state index contributed by atoms with van der Waals surface area (Å²) in [6.45, 7) is 17.6. The van der Waals surface area contributed by atoms with Gasteiger partial charge in [0.05, 0.1) is 48.7 Å². The lowest BCUT2D eigenvalue weighted by Gasteiger charge is -2.41. The zero-order valence-electron chi connectivity index (χ0n) is 54.2. The normalized spacial score (nSPS) is 16.6. The minimum atomic E-state index is -1.17. The monoisotopic (exact) mass is 1240 g/mol. The lowest BCUT2D eigenvalue weighted by Crippen LogP contribution is -2.60. The zero-order chi connectivity index (χ0) is 66.2. The van der Waals surface area contributed by atoms with Gasteiger partial charge in [-0.15, -0.1) is 0 Å². The highest BCUT2D eigenvalue weighted by Gasteiger charge is 2.44. The van der Waals surface area contributed by atoms with Gasteiger partial charge in [-0.2, -0.15) is 0 Å². The molecule has 1 heterocycles. The summed E-state index contributed by atoms with van der Waals surface area (Å²) in [7, 11) is 6.48. The van der Waals surface area contributed by atoms with E-state index in [4.69, 9.17) is 25.7 Å². The van der Waals surface area contributed by atoms with E-state index in [0.717, 1.165) is 11.1 Å². The summed E-state index contributed by atoms with van der Waals surface area (Å²) in [5.74, 6) is -5.25. The van der Waals surface area contributed by atoms with Crippen LogP contribution in [0.2, 0.25) is 0 Å². The van der Waals surface area contributed by atoms with Gasteiger partial charge in [0.15, 0.2) is 0 Å². The number of amides is 9. The van der Waals surface area contributed by atoms with Gasteiger partial charge < -0.3 is 67.2 Å². The molecule has 492 valence electrons. The Morgan fingerprint density at radius 3 is 1.96 bits per heavy atom. The molecule has 4 rings (SSSR count). The van der Waals surface area contributed by atoms with Crippen LogP contribution in [0.15, 0.2) is 78.9 Å². The molecule has 1 saturated heterocycles. The molecule has 11 atom stereocenters. The van der Waals surface area contributed by atoms with Crippen LogP contribution < -0.4 is 43.4 Å². The Bertz CT molecular complexity index is 2810. The number of methoxy groups -OCH3 is 2. The molecule has 1 aliphatic rings. The zero-order valence-corrected chi connectivity index (χ0v) is 54.2. The van der Waals surface area contributed by atoms with Crippen molar-refractivity contribution in [2.24, 2.45) is 41.1 Å². The molecule has 89 heavy (non-hydrogen) atoms. The number of benzene rings is 3. The highest BCUT2D eigenvalue weighted by atomic mass is 16.5. The number of nitrogens with one attached hydrogen (secondary N) is 6. The van der Waals surface area contributed by atoms with Crippen molar-refractivity contribution in [3.8, 4) is 0 Å². The molecule has 0 aliphatic carbocycles. The summed E-state index contributed by atoms with van der Waals surface area (Å²) in [5, 5.41) is 26.5. The third kappa shape index (κ3) is 22.4. The second kappa shape index (κ2) is 36.1. The summed E-state index contributed by atoms with van der Waals surface area (Å²) in [4.78, 5) is 125. The lowest BCUT2D eigenvalue weighted by atomic mass is 9.89. The molecule has 0 radical (unpaired) electrons. The maximum Gasteiger partial charge on any atom is 0.411 e. The number of hydrogen-bond acceptors (Lipinski definition) is 14. The Hall–Kier alpha value is -7.67. The molecule has 9 amide bonds. The van der Waals surface area contributed by atoms with Crippen molar-refractivity contribution in [1.29, 1.82) is 0 Å². The van der Waals surface area contributed by atoms with E-state index in [0.29, 0.717) is 55.7 Å². The van der Waals surface area contributed by atoms with Crippen LogP contribution in [0.25, 0.3) is 0 Å². The first-order valence-electron chi connectivity index (χ1n) is 30.8. The van der Waals surface area contributed by atoms with Gasteiger partial charge in [-0.3, -0.25) is 39.0 Å². The maximum atomic E-state index is 14.8. The molecule has 0 bridgehead atoms. The highest BCUT2D eigenvalue weighted by Crippen LogP contribution is 2.30. The fourth-order valence-corrected chi connectivity index (χ4v) is 11.4. The number of hydrogen-bond donors (Lipinski definition) is 9. The fraction of sp³-hybridized carbons (Fsp3) is 0.585. The van der Waals surface area contributed by atoms with Crippen LogP contribution in [0.4, 0.5) is 21.0 Å². The second-order valence-electron chi connectivity index (χ2n) is 24.4. The standard InChI is InChI=1S/C65H99N11O13/c1-14-41(8)56(51(87-12)35-52(77)76-32-20-26-50(76)57(88-13)42(9)58(78)72-49(63(83)84)34-43-21-16-15-17-22-43)75(11)62(82)54(39(4)5)73-61(81)55(40(6)7)74(10)36-45-23-18-24-47(33-45)70-65(86)89-37-44-27-29-46(30-28-44)69-59(79)48(25-19-31-68-64(67)85)71-60(80)53(66)38(2)3/h15-18,21-24,27-30,33,38-42,48-51,53-57H,14,19-20,25-26,31-32,34-37,66H2,1-13H3,(H,69,79)(H,70,86)(H,71,80)(H,72,78)(H,73,81)(H,83,84)(H3,67,68,85)/t41-,42+,48-,49-,50-,51+,53-,54-,55-,56-,57+/m0/s1. The first-order valence-corrected chi connectivity index (χ1v) is 30.8. The Kier molecular flexibility index (Phi) is 29.9. The maximum absolute atomic E-state index is 14.8. The molecule has 1 fully saturated rings. The summed E-state index contributed by atoms with van der Waals surface area (Å²) in [6, 6.07) is 16.4. The van der Waals surface area contributed by atoms with Crippen molar-refractivity contribution in [3.05, 3.63) is 95.6 Å². The number of nitrogens with zero attached hydrogens (tertiary/aromatic N) is 3. The van der Waals surface area contributed by atoms with Crippen LogP contribution in [-0.4, -0.2) is 169 Å². The average molecular weight is 1240 g/mol. The minimum Gasteiger partial charge on any atom is -0.480 e. The van der Waals surface area contributed by atoms with E-state index in [-0.39, 0.29) is 73.8 Å². The average Bonchev–Trinajstić information content (AvgIpc) is 2.48. The van der Waals surface area contributed by atoms with Gasteiger partial charge in [-0.25, -0.2) is 14.4 Å². The molecule has 24 nitrogen and oxygen atoms in total. The number of anilines is 2. The van der Waals surface area contributed by atoms with Crippen molar-refractivity contribution in [2.45, 2.75) is 175 Å². The number of urea groups is 1. The van der Waals surface area contributed by atoms with Crippen LogP contribution in [-0.2, 0) is 67.3 Å². The van der Waals surface area contributed by atoms with E-state index in [2.05, 4.69) is 31.9 Å². The smallest absolute Gasteiger partial charge is 0.411 e. The SMILES string of the molecule is CC[C@H](C)[C@@H]([C@@H](CC(=O)N1CCC[C@H]1[C@H](OC)[C@@H](C)C(=O)N[C@@H](Cc1ccccc1)C(=O)O)OC)N(C)C(=O)[C@@H](NC(=O)[C@H](C(C)C)N(C)Cc1cccc(NC(=O)OCc2ccc(NC(=O)[C@H](CCCNC(N)=O)NC(=O)[C@@H](N)C(C)C)cc2)c1)C(C)C. The van der Waals surface area contributed by atoms with Crippen LogP contribution in [0.1, 0.15) is 118 Å². The Balaban J connectivity index is 1.38. The third-order valence-corrected chi connectivity index (χ3v) is 16.6. The van der Waals surface area contributed by atoms with Gasteiger partial charge in [0.2, 0.25) is 35.4 Å². The Morgan fingerprint density at radius 1 is 0.719 bits per heavy atom. The number of primary amides is 1. The van der Waals surface area contributed by atoms with Gasteiger partial charge in [0.25, 0.3) is 0 Å². The first kappa shape index (κ1) is 73.8. The van der Waals surface area contributed by atoms with Crippen molar-refractivity contribution >= 4 is 64.9 Å². The van der Waals surface area contributed by atoms with E-state index in [1.807, 2.05) is 65.6 Å². The number of carboxylic acids is 1. The van der Waals surface area contributed by atoms with Crippen LogP contribution in [0.3, 0.4) is 0 Å². The number of likely N-dealkylation sites (tertiary alicyclic amines) is 1. The largest absolute Gasteiger partial charge is 0.480 e. The van der Waals surface area contributed by atoms with Gasteiger partial charge in [-0.1, -0.05) is 123 Å². The molecule has 0 saturated carbocycles. The minimum absolute atomic E-state index is 0.0884. The number of nitrogens with two attached hydrogens (primary N) is 2. The summed E-state index contributed by atoms with van der Waals surface area (Å²) >= 11 is 0. The predicted octanol–water partition coefficient (Wildman–Crippen LogP) is 5.62. The number of carboxylic acid groups (broad SMARTS) is 1. The molecule has 1 aliphatic heterocycles. The second-order valence-corrected chi connectivity index (χ2v) is 24.4. The first-order chi connectivity index (χ1) is 42.1. The van der Waals surface area contributed by atoms with Crippen molar-refractivity contribution in [2.75, 3.05) is 52.0 Å². The van der Waals surface area contributed by atoms with Crippen LogP contribution in [0.5, 0.6) is 0 Å². The molecule has 11 N–H and O–H groups in total. The van der Waals surface area contributed by atoms with E-state index < -0.39 is 96.2 Å². The molecular formula is C65H99N11O13. The van der Waals surface area contributed by atoms with Gasteiger partial charge >= 0.3 is 18.1 Å². The number of likely N-dealkylation sites (N-methyl/N-ethyl adjacent to an activating group) is 2. The molecule has 0 aromatic heterocycles. The van der Waals surface area contributed by atoms with Gasteiger partial charge in [0, 0.05) is 58.7 Å². The summed E-state index contributed by atoms with van der Waals surface area (Å²) in [6.07, 6.45) is 0.192. The number of ether oxygens (including phenoxy) is 3. The van der Waals surface area contributed by atoms with E-state index in [1.165, 1.54) is 14.2 Å². The number of aliphatic carboxylic acids is 1. The number of carbonyl (C=O) groups is 9. The topological polar surface area (TPSA) is 335 Å². The van der Waals surface area contributed by atoms with Crippen LogP contribution >= 0.6 is 0 Å². The van der Waals surface area contributed by atoms with Gasteiger partial charge in [-0.05, 0) is 97.4 Å². The van der Waals surface area contributed by atoms with Crippen molar-refractivity contribution in [1.82, 2.24) is 36.0 Å². The van der Waals surface area contributed by atoms with E-state index in [1.54, 1.807) is 104 Å². The molecular weight excluding hydrogens is 1140 g/mol. The molecule has 24 heteroatoms.